The van der Waals surface area contributed by atoms with Crippen LogP contribution >= 0.6 is 0 Å². The summed E-state index contributed by atoms with van der Waals surface area (Å²) in [7, 11) is 2.91. The van der Waals surface area contributed by atoms with Crippen LogP contribution in [-0.2, 0) is 31.8 Å². The summed E-state index contributed by atoms with van der Waals surface area (Å²) in [5.41, 5.74) is 1.36. The number of amides is 2. The number of carbonyl (C=O) groups excluding carboxylic acids is 3. The summed E-state index contributed by atoms with van der Waals surface area (Å²) >= 11 is 0. The zero-order valence-corrected chi connectivity index (χ0v) is 23.5. The van der Waals surface area contributed by atoms with Crippen LogP contribution in [0.25, 0.3) is 6.08 Å². The number of rotatable bonds is 8. The first-order valence-corrected chi connectivity index (χ1v) is 12.4. The highest BCUT2D eigenvalue weighted by Gasteiger charge is 2.25. The van der Waals surface area contributed by atoms with Gasteiger partial charge in [0.25, 0.3) is 0 Å². The van der Waals surface area contributed by atoms with Crippen molar-refractivity contribution in [2.75, 3.05) is 19.1 Å². The molecule has 0 aliphatic heterocycles. The summed E-state index contributed by atoms with van der Waals surface area (Å²) in [4.78, 5) is 42.6. The van der Waals surface area contributed by atoms with Gasteiger partial charge >= 0.3 is 18.2 Å². The second-order valence-corrected chi connectivity index (χ2v) is 10.8. The van der Waals surface area contributed by atoms with Gasteiger partial charge in [-0.2, -0.15) is 0 Å². The van der Waals surface area contributed by atoms with Crippen molar-refractivity contribution in [3.05, 3.63) is 65.4 Å². The van der Waals surface area contributed by atoms with E-state index in [4.69, 9.17) is 14.2 Å². The zero-order valence-electron chi connectivity index (χ0n) is 23.5. The minimum atomic E-state index is -0.867. The van der Waals surface area contributed by atoms with Gasteiger partial charge in [-0.15, -0.1) is 0 Å². The van der Waals surface area contributed by atoms with Gasteiger partial charge < -0.3 is 19.5 Å². The molecule has 9 nitrogen and oxygen atoms in total. The van der Waals surface area contributed by atoms with Crippen molar-refractivity contribution in [2.45, 2.75) is 71.6 Å². The van der Waals surface area contributed by atoms with E-state index in [-0.39, 0.29) is 6.42 Å². The summed E-state index contributed by atoms with van der Waals surface area (Å²) in [5, 5.41) is 2.58. The number of esters is 1. The molecule has 0 aliphatic carbocycles. The molecule has 0 bridgehead atoms. The lowest BCUT2D eigenvalue weighted by Gasteiger charge is -2.24. The van der Waals surface area contributed by atoms with Crippen LogP contribution in [0.1, 0.15) is 58.4 Å². The fourth-order valence-corrected chi connectivity index (χ4v) is 3.29. The summed E-state index contributed by atoms with van der Waals surface area (Å²) in [5.74, 6) is -0.0403. The molecule has 0 fully saturated rings. The van der Waals surface area contributed by atoms with Crippen LogP contribution in [0.5, 0.6) is 0 Å². The van der Waals surface area contributed by atoms with Crippen molar-refractivity contribution in [1.29, 1.82) is 0 Å². The Balaban J connectivity index is 2.00. The topological polar surface area (TPSA) is 107 Å². The second-order valence-electron chi connectivity index (χ2n) is 10.8. The van der Waals surface area contributed by atoms with Gasteiger partial charge in [0, 0.05) is 25.6 Å². The Labute approximate surface area is 225 Å². The number of hydrogen-bond acceptors (Lipinski definition) is 7. The number of aromatic nitrogens is 1. The van der Waals surface area contributed by atoms with Gasteiger partial charge in [0.15, 0.2) is 0 Å². The van der Waals surface area contributed by atoms with E-state index < -0.39 is 35.4 Å². The van der Waals surface area contributed by atoms with Crippen molar-refractivity contribution in [1.82, 2.24) is 10.3 Å². The first-order chi connectivity index (χ1) is 17.7. The summed E-state index contributed by atoms with van der Waals surface area (Å²) in [6, 6.07) is 12.3. The first-order valence-electron chi connectivity index (χ1n) is 12.4. The molecular weight excluding hydrogens is 486 g/mol. The van der Waals surface area contributed by atoms with Crippen molar-refractivity contribution in [3.8, 4) is 0 Å². The molecule has 2 aromatic rings. The minimum Gasteiger partial charge on any atom is -0.467 e. The number of hydrogen-bond donors (Lipinski definition) is 1. The minimum absolute atomic E-state index is 0.262. The van der Waals surface area contributed by atoms with Crippen LogP contribution in [0.2, 0.25) is 0 Å². The van der Waals surface area contributed by atoms with Crippen molar-refractivity contribution in [2.24, 2.45) is 0 Å². The van der Waals surface area contributed by atoms with Crippen molar-refractivity contribution in [3.63, 3.8) is 0 Å². The van der Waals surface area contributed by atoms with Crippen LogP contribution in [0, 0.1) is 0 Å². The van der Waals surface area contributed by atoms with E-state index in [1.165, 1.54) is 12.0 Å². The number of ether oxygens (including phenoxy) is 3. The van der Waals surface area contributed by atoms with E-state index in [2.05, 4.69) is 10.3 Å². The predicted octanol–water partition coefficient (Wildman–Crippen LogP) is 5.32. The lowest BCUT2D eigenvalue weighted by atomic mass is 10.0. The second kappa shape index (κ2) is 13.1. The smallest absolute Gasteiger partial charge is 0.415 e. The van der Waals surface area contributed by atoms with Gasteiger partial charge in [0.05, 0.1) is 7.11 Å². The number of benzene rings is 1. The van der Waals surface area contributed by atoms with Gasteiger partial charge in [-0.05, 0) is 64.8 Å². The molecule has 1 heterocycles. The maximum absolute atomic E-state index is 12.3. The SMILES string of the molecule is COC(=O)[C@H](Cc1ccc(/C=C/Cc2cccc(N(C)C(=O)OC(C)(C)C)n2)cc1)NC(=O)OC(C)(C)C. The van der Waals surface area contributed by atoms with Crippen LogP contribution in [0.4, 0.5) is 15.4 Å². The number of nitrogens with one attached hydrogen (secondary N) is 1. The average molecular weight is 526 g/mol. The molecule has 0 radical (unpaired) electrons. The highest BCUT2D eigenvalue weighted by molar-refractivity contribution is 5.86. The predicted molar refractivity (Wildman–Crippen MR) is 147 cm³/mol. The molecule has 2 rings (SSSR count). The van der Waals surface area contributed by atoms with Crippen LogP contribution in [0.15, 0.2) is 48.5 Å². The third kappa shape index (κ3) is 10.6. The number of allylic oxidation sites excluding steroid dienone is 1. The molecule has 1 atom stereocenters. The maximum atomic E-state index is 12.3. The van der Waals surface area contributed by atoms with E-state index in [1.807, 2.05) is 69.3 Å². The Kier molecular flexibility index (Phi) is 10.4. The van der Waals surface area contributed by atoms with Gasteiger partial charge in [-0.3, -0.25) is 4.90 Å². The quantitative estimate of drug-likeness (QED) is 0.367. The molecule has 0 saturated heterocycles. The Morgan fingerprint density at radius 2 is 1.61 bits per heavy atom. The molecule has 1 aromatic carbocycles. The van der Waals surface area contributed by atoms with Crippen LogP contribution < -0.4 is 10.2 Å². The molecule has 1 aromatic heterocycles. The van der Waals surface area contributed by atoms with Crippen LogP contribution in [-0.4, -0.2) is 54.5 Å². The molecule has 0 unspecified atom stereocenters. The van der Waals surface area contributed by atoms with Gasteiger partial charge in [-0.1, -0.05) is 42.5 Å². The monoisotopic (exact) mass is 525 g/mol. The Hall–Kier alpha value is -3.88. The molecule has 38 heavy (non-hydrogen) atoms. The number of methoxy groups -OCH3 is 1. The number of anilines is 1. The fourth-order valence-electron chi connectivity index (χ4n) is 3.29. The number of carbonyl (C=O) groups is 3. The standard InChI is InChI=1S/C29H39N3O6/c1-28(2,3)37-26(34)31-23(25(33)36-8)19-21-17-15-20(16-18-21)11-9-12-22-13-10-14-24(30-22)32(7)27(35)38-29(4,5)6/h9-11,13-18,23H,12,19H2,1-8H3,(H,31,34)/b11-9+/t23-/m0/s1. The Morgan fingerprint density at radius 3 is 2.18 bits per heavy atom. The highest BCUT2D eigenvalue weighted by Crippen LogP contribution is 2.16. The number of alkyl carbamates (subject to hydrolysis) is 1. The van der Waals surface area contributed by atoms with Gasteiger partial charge in [-0.25, -0.2) is 19.4 Å². The molecule has 9 heteroatoms. The highest BCUT2D eigenvalue weighted by atomic mass is 16.6. The fraction of sp³-hybridized carbons (Fsp3) is 0.448. The van der Waals surface area contributed by atoms with Crippen LogP contribution in [0.3, 0.4) is 0 Å². The average Bonchev–Trinajstić information content (AvgIpc) is 2.81. The molecule has 206 valence electrons. The van der Waals surface area contributed by atoms with E-state index in [9.17, 15) is 14.4 Å². The summed E-state index contributed by atoms with van der Waals surface area (Å²) < 4.78 is 15.5. The third-order valence-electron chi connectivity index (χ3n) is 5.04. The summed E-state index contributed by atoms with van der Waals surface area (Å²) in [6.07, 6.45) is 3.64. The van der Waals surface area contributed by atoms with Crippen molar-refractivity contribution >= 4 is 30.0 Å². The first kappa shape index (κ1) is 30.3. The lowest BCUT2D eigenvalue weighted by Crippen LogP contribution is -2.45. The molecular formula is C29H39N3O6. The molecule has 0 aliphatic rings. The molecule has 1 N–H and O–H groups in total. The van der Waals surface area contributed by atoms with Crippen molar-refractivity contribution < 1.29 is 28.6 Å². The lowest BCUT2D eigenvalue weighted by molar-refractivity contribution is -0.143. The maximum Gasteiger partial charge on any atom is 0.415 e. The van der Waals surface area contributed by atoms with E-state index in [0.717, 1.165) is 16.8 Å². The Morgan fingerprint density at radius 1 is 0.974 bits per heavy atom. The largest absolute Gasteiger partial charge is 0.467 e. The van der Waals surface area contributed by atoms with E-state index in [0.29, 0.717) is 12.2 Å². The Bertz CT molecular complexity index is 1130. The van der Waals surface area contributed by atoms with Gasteiger partial charge in [0.2, 0.25) is 0 Å². The number of pyridine rings is 1. The molecule has 2 amide bonds. The third-order valence-corrected chi connectivity index (χ3v) is 5.04. The van der Waals surface area contributed by atoms with E-state index >= 15 is 0 Å². The molecule has 0 spiro atoms. The normalized spacial score (nSPS) is 12.5. The number of nitrogens with zero attached hydrogens (tertiary/aromatic N) is 2. The summed E-state index contributed by atoms with van der Waals surface area (Å²) in [6.45, 7) is 10.7. The van der Waals surface area contributed by atoms with E-state index in [1.54, 1.807) is 33.9 Å². The van der Waals surface area contributed by atoms with Gasteiger partial charge in [0.1, 0.15) is 23.1 Å². The molecule has 0 saturated carbocycles. The zero-order chi connectivity index (χ0) is 28.5.